The standard InChI is InChI=1S/C8H6ClNO3S2.C2H6/c9-15(12,13)5-1-2-7-6(3-5)10-8(11)4-14-7;1-2/h1-3H,4H2,(H,10,11);1-2H3. The molecule has 1 aromatic rings. The number of hydrogen-bond acceptors (Lipinski definition) is 4. The fourth-order valence-corrected chi connectivity index (χ4v) is 2.78. The minimum absolute atomic E-state index is 0.00860. The first-order valence-electron chi connectivity index (χ1n) is 4.98. The molecule has 1 aliphatic heterocycles. The maximum absolute atomic E-state index is 11.1. The van der Waals surface area contributed by atoms with Gasteiger partial charge in [-0.3, -0.25) is 4.79 Å². The quantitative estimate of drug-likeness (QED) is 0.809. The van der Waals surface area contributed by atoms with Crippen molar-refractivity contribution in [3.63, 3.8) is 0 Å². The Bertz CT molecular complexity index is 528. The van der Waals surface area contributed by atoms with Crippen LogP contribution in [-0.4, -0.2) is 20.1 Å². The van der Waals surface area contributed by atoms with Gasteiger partial charge in [0.15, 0.2) is 0 Å². The molecular formula is C10H12ClNO3S2. The molecule has 0 unspecified atom stereocenters. The Kier molecular flexibility index (Phi) is 4.85. The van der Waals surface area contributed by atoms with Crippen molar-refractivity contribution in [3.05, 3.63) is 18.2 Å². The van der Waals surface area contributed by atoms with Gasteiger partial charge in [0.05, 0.1) is 16.3 Å². The number of thioether (sulfide) groups is 1. The molecule has 1 heterocycles. The number of nitrogens with one attached hydrogen (secondary N) is 1. The lowest BCUT2D eigenvalue weighted by Crippen LogP contribution is -2.18. The van der Waals surface area contributed by atoms with Crippen LogP contribution in [0.4, 0.5) is 5.69 Å². The topological polar surface area (TPSA) is 63.2 Å². The summed E-state index contributed by atoms with van der Waals surface area (Å²) in [6, 6.07) is 4.42. The molecule has 1 N–H and O–H groups in total. The van der Waals surface area contributed by atoms with E-state index in [1.165, 1.54) is 23.9 Å². The Labute approximate surface area is 109 Å². The van der Waals surface area contributed by atoms with Crippen molar-refractivity contribution in [1.29, 1.82) is 0 Å². The van der Waals surface area contributed by atoms with Crippen LogP contribution in [-0.2, 0) is 13.8 Å². The van der Waals surface area contributed by atoms with Crippen molar-refractivity contribution in [2.24, 2.45) is 0 Å². The van der Waals surface area contributed by atoms with Gasteiger partial charge in [-0.15, -0.1) is 11.8 Å². The summed E-state index contributed by atoms with van der Waals surface area (Å²) in [7, 11) is 1.45. The maximum Gasteiger partial charge on any atom is 0.261 e. The van der Waals surface area contributed by atoms with E-state index in [1.54, 1.807) is 6.07 Å². The summed E-state index contributed by atoms with van der Waals surface area (Å²) < 4.78 is 22.1. The van der Waals surface area contributed by atoms with E-state index >= 15 is 0 Å². The molecule has 17 heavy (non-hydrogen) atoms. The van der Waals surface area contributed by atoms with E-state index in [2.05, 4.69) is 5.32 Å². The van der Waals surface area contributed by atoms with Crippen LogP contribution in [0, 0.1) is 0 Å². The number of carbonyl (C=O) groups is 1. The predicted octanol–water partition coefficient (Wildman–Crippen LogP) is 2.68. The number of carbonyl (C=O) groups excluding carboxylic acids is 1. The van der Waals surface area contributed by atoms with E-state index < -0.39 is 9.05 Å². The van der Waals surface area contributed by atoms with Crippen LogP contribution in [0.5, 0.6) is 0 Å². The summed E-state index contributed by atoms with van der Waals surface area (Å²) in [5.41, 5.74) is 0.498. The van der Waals surface area contributed by atoms with E-state index in [1.807, 2.05) is 13.8 Å². The van der Waals surface area contributed by atoms with Crippen molar-refractivity contribution in [2.75, 3.05) is 11.1 Å². The smallest absolute Gasteiger partial charge is 0.261 e. The first kappa shape index (κ1) is 14.3. The van der Waals surface area contributed by atoms with Gasteiger partial charge < -0.3 is 5.32 Å². The molecule has 0 aromatic heterocycles. The normalized spacial score (nSPS) is 14.2. The minimum atomic E-state index is -3.74. The number of rotatable bonds is 1. The second kappa shape index (κ2) is 5.75. The Morgan fingerprint density at radius 1 is 1.35 bits per heavy atom. The second-order valence-corrected chi connectivity index (χ2v) is 6.52. The van der Waals surface area contributed by atoms with Crippen LogP contribution < -0.4 is 5.32 Å². The molecule has 0 atom stereocenters. The summed E-state index contributed by atoms with van der Waals surface area (Å²) in [5, 5.41) is 2.59. The molecule has 0 bridgehead atoms. The van der Waals surface area contributed by atoms with Gasteiger partial charge in [0.25, 0.3) is 9.05 Å². The number of amides is 1. The molecule has 2 rings (SSSR count). The number of halogens is 1. The highest BCUT2D eigenvalue weighted by Crippen LogP contribution is 2.33. The van der Waals surface area contributed by atoms with Crippen molar-refractivity contribution < 1.29 is 13.2 Å². The van der Waals surface area contributed by atoms with E-state index in [9.17, 15) is 13.2 Å². The van der Waals surface area contributed by atoms with Gasteiger partial charge in [-0.25, -0.2) is 8.42 Å². The van der Waals surface area contributed by atoms with Crippen LogP contribution in [0.2, 0.25) is 0 Å². The fourth-order valence-electron chi connectivity index (χ4n) is 1.21. The molecule has 4 nitrogen and oxygen atoms in total. The lowest BCUT2D eigenvalue weighted by molar-refractivity contribution is -0.113. The number of hydrogen-bond donors (Lipinski definition) is 1. The van der Waals surface area contributed by atoms with Crippen LogP contribution in [0.15, 0.2) is 28.0 Å². The largest absolute Gasteiger partial charge is 0.324 e. The van der Waals surface area contributed by atoms with Crippen molar-refractivity contribution in [3.8, 4) is 0 Å². The average Bonchev–Trinajstić information content (AvgIpc) is 2.29. The second-order valence-electron chi connectivity index (χ2n) is 2.93. The van der Waals surface area contributed by atoms with Gasteiger partial charge >= 0.3 is 0 Å². The number of anilines is 1. The molecule has 0 fully saturated rings. The predicted molar refractivity (Wildman–Crippen MR) is 70.2 cm³/mol. The zero-order valence-electron chi connectivity index (χ0n) is 9.36. The number of fused-ring (bicyclic) bond motifs is 1. The first-order chi connectivity index (χ1) is 7.97. The van der Waals surface area contributed by atoms with Crippen molar-refractivity contribution >= 4 is 43.1 Å². The highest BCUT2D eigenvalue weighted by molar-refractivity contribution is 8.13. The lowest BCUT2D eigenvalue weighted by Gasteiger charge is -2.16. The molecule has 94 valence electrons. The summed E-state index contributed by atoms with van der Waals surface area (Å²) in [4.78, 5) is 11.9. The monoisotopic (exact) mass is 293 g/mol. The Balaban J connectivity index is 0.000000686. The average molecular weight is 294 g/mol. The zero-order valence-corrected chi connectivity index (χ0v) is 11.7. The molecule has 0 saturated heterocycles. The highest BCUT2D eigenvalue weighted by atomic mass is 35.7. The van der Waals surface area contributed by atoms with Gasteiger partial charge in [0.2, 0.25) is 5.91 Å². The summed E-state index contributed by atoms with van der Waals surface area (Å²) >= 11 is 1.37. The minimum Gasteiger partial charge on any atom is -0.324 e. The van der Waals surface area contributed by atoms with Gasteiger partial charge in [0, 0.05) is 15.6 Å². The van der Waals surface area contributed by atoms with Gasteiger partial charge in [-0.1, -0.05) is 13.8 Å². The molecule has 0 radical (unpaired) electrons. The highest BCUT2D eigenvalue weighted by Gasteiger charge is 2.18. The third-order valence-corrected chi connectivity index (χ3v) is 4.29. The van der Waals surface area contributed by atoms with Gasteiger partial charge in [-0.2, -0.15) is 0 Å². The lowest BCUT2D eigenvalue weighted by atomic mass is 10.3. The summed E-state index contributed by atoms with van der Waals surface area (Å²) in [6.45, 7) is 4.00. The van der Waals surface area contributed by atoms with E-state index in [0.29, 0.717) is 11.4 Å². The van der Waals surface area contributed by atoms with Crippen molar-refractivity contribution in [1.82, 2.24) is 0 Å². The molecule has 7 heteroatoms. The van der Waals surface area contributed by atoms with Crippen LogP contribution in [0.25, 0.3) is 0 Å². The Hall–Kier alpha value is -0.720. The molecule has 0 spiro atoms. The molecule has 0 aliphatic carbocycles. The summed E-state index contributed by atoms with van der Waals surface area (Å²) in [6.07, 6.45) is 0. The van der Waals surface area contributed by atoms with Gasteiger partial charge in [-0.05, 0) is 18.2 Å². The third kappa shape index (κ3) is 3.62. The zero-order chi connectivity index (χ0) is 13.1. The van der Waals surface area contributed by atoms with Crippen molar-refractivity contribution in [2.45, 2.75) is 23.6 Å². The number of benzene rings is 1. The van der Waals surface area contributed by atoms with E-state index in [-0.39, 0.29) is 10.8 Å². The van der Waals surface area contributed by atoms with Gasteiger partial charge in [0.1, 0.15) is 0 Å². The van der Waals surface area contributed by atoms with E-state index in [4.69, 9.17) is 10.7 Å². The first-order valence-corrected chi connectivity index (χ1v) is 8.28. The molecule has 1 aliphatic rings. The van der Waals surface area contributed by atoms with Crippen LogP contribution in [0.1, 0.15) is 13.8 Å². The van der Waals surface area contributed by atoms with E-state index in [0.717, 1.165) is 4.90 Å². The molecule has 1 amide bonds. The Morgan fingerprint density at radius 2 is 2.00 bits per heavy atom. The third-order valence-electron chi connectivity index (χ3n) is 1.87. The molecule has 1 aromatic carbocycles. The molecule has 0 saturated carbocycles. The molecular weight excluding hydrogens is 282 g/mol. The Morgan fingerprint density at radius 3 is 2.59 bits per heavy atom. The summed E-state index contributed by atoms with van der Waals surface area (Å²) in [5.74, 6) is 0.205. The SMILES string of the molecule is CC.O=C1CSc2ccc(S(=O)(=O)Cl)cc2N1. The van der Waals surface area contributed by atoms with Crippen LogP contribution >= 0.6 is 22.4 Å². The van der Waals surface area contributed by atoms with Crippen LogP contribution in [0.3, 0.4) is 0 Å². The fraction of sp³-hybridized carbons (Fsp3) is 0.300. The maximum atomic E-state index is 11.1.